The number of nitrogens with zero attached hydrogens (tertiary/aromatic N) is 2. The summed E-state index contributed by atoms with van der Waals surface area (Å²) in [5.41, 5.74) is 5.09. The van der Waals surface area contributed by atoms with Gasteiger partial charge in [-0.05, 0) is 38.1 Å². The van der Waals surface area contributed by atoms with Gasteiger partial charge in [0.15, 0.2) is 0 Å². The number of imidazole rings is 1. The Hall–Kier alpha value is -3.64. The van der Waals surface area contributed by atoms with Crippen LogP contribution < -0.4 is 10.6 Å². The molecule has 0 aliphatic carbocycles. The SMILES string of the molecule is Cc1ccc(-c2cn(-c3ccc(C)cc3)c(NC(=O)CNCc3ccco3)n2)cc1. The maximum absolute atomic E-state index is 12.5. The zero-order valence-electron chi connectivity index (χ0n) is 17.1. The van der Waals surface area contributed by atoms with E-state index in [0.29, 0.717) is 12.5 Å². The maximum atomic E-state index is 12.5. The van der Waals surface area contributed by atoms with E-state index in [1.165, 1.54) is 11.1 Å². The van der Waals surface area contributed by atoms with Crippen LogP contribution in [0.15, 0.2) is 77.5 Å². The smallest absolute Gasteiger partial charge is 0.240 e. The van der Waals surface area contributed by atoms with E-state index in [1.54, 1.807) is 6.26 Å². The van der Waals surface area contributed by atoms with Crippen molar-refractivity contribution < 1.29 is 9.21 Å². The molecule has 0 spiro atoms. The molecule has 0 bridgehead atoms. The molecule has 0 unspecified atom stereocenters. The van der Waals surface area contributed by atoms with Crippen LogP contribution in [0.25, 0.3) is 16.9 Å². The van der Waals surface area contributed by atoms with Gasteiger partial charge in [-0.3, -0.25) is 14.7 Å². The van der Waals surface area contributed by atoms with E-state index >= 15 is 0 Å². The molecule has 6 heteroatoms. The topological polar surface area (TPSA) is 72.1 Å². The minimum Gasteiger partial charge on any atom is -0.468 e. The van der Waals surface area contributed by atoms with Gasteiger partial charge in [0.25, 0.3) is 0 Å². The minimum absolute atomic E-state index is 0.154. The highest BCUT2D eigenvalue weighted by Gasteiger charge is 2.14. The fraction of sp³-hybridized carbons (Fsp3) is 0.167. The molecule has 2 aromatic carbocycles. The van der Waals surface area contributed by atoms with Crippen molar-refractivity contribution in [2.75, 3.05) is 11.9 Å². The van der Waals surface area contributed by atoms with Crippen LogP contribution in [0.4, 0.5) is 5.95 Å². The third kappa shape index (κ3) is 4.67. The normalized spacial score (nSPS) is 10.9. The van der Waals surface area contributed by atoms with Crippen LogP contribution in [-0.2, 0) is 11.3 Å². The molecular formula is C24H24N4O2. The van der Waals surface area contributed by atoms with Crippen LogP contribution in [0.1, 0.15) is 16.9 Å². The number of furan rings is 1. The average Bonchev–Trinajstić information content (AvgIpc) is 3.39. The third-order valence-electron chi connectivity index (χ3n) is 4.78. The van der Waals surface area contributed by atoms with Gasteiger partial charge in [-0.25, -0.2) is 4.98 Å². The Morgan fingerprint density at radius 2 is 1.70 bits per heavy atom. The van der Waals surface area contributed by atoms with Crippen LogP contribution in [-0.4, -0.2) is 22.0 Å². The number of nitrogens with one attached hydrogen (secondary N) is 2. The zero-order valence-corrected chi connectivity index (χ0v) is 17.1. The van der Waals surface area contributed by atoms with Crippen molar-refractivity contribution in [3.8, 4) is 16.9 Å². The molecule has 30 heavy (non-hydrogen) atoms. The number of hydrogen-bond acceptors (Lipinski definition) is 4. The average molecular weight is 400 g/mol. The molecule has 6 nitrogen and oxygen atoms in total. The number of hydrogen-bond donors (Lipinski definition) is 2. The number of aromatic nitrogens is 2. The predicted octanol–water partition coefficient (Wildman–Crippen LogP) is 4.48. The first-order valence-electron chi connectivity index (χ1n) is 9.85. The monoisotopic (exact) mass is 400 g/mol. The number of rotatable bonds is 7. The highest BCUT2D eigenvalue weighted by atomic mass is 16.3. The van der Waals surface area contributed by atoms with Crippen molar-refractivity contribution in [2.45, 2.75) is 20.4 Å². The Bertz CT molecular complexity index is 1110. The van der Waals surface area contributed by atoms with Crippen molar-refractivity contribution in [3.63, 3.8) is 0 Å². The first-order chi connectivity index (χ1) is 14.6. The Morgan fingerprint density at radius 3 is 2.37 bits per heavy atom. The molecule has 0 aliphatic rings. The molecule has 2 heterocycles. The molecule has 4 rings (SSSR count). The molecule has 0 fully saturated rings. The maximum Gasteiger partial charge on any atom is 0.240 e. The molecule has 2 aromatic heterocycles. The van der Waals surface area contributed by atoms with Crippen LogP contribution in [0.5, 0.6) is 0 Å². The summed E-state index contributed by atoms with van der Waals surface area (Å²) in [5.74, 6) is 1.10. The standard InChI is InChI=1S/C24H24N4O2/c1-17-5-9-19(10-6-17)22-16-28(20-11-7-18(2)8-12-20)24(26-22)27-23(29)15-25-14-21-4-3-13-30-21/h3-13,16,25H,14-15H2,1-2H3,(H,26,27,29). The summed E-state index contributed by atoms with van der Waals surface area (Å²) in [6.45, 7) is 4.74. The molecule has 4 aromatic rings. The minimum atomic E-state index is -0.170. The van der Waals surface area contributed by atoms with Crippen molar-refractivity contribution in [3.05, 3.63) is 90.0 Å². The first kappa shape index (κ1) is 19.7. The van der Waals surface area contributed by atoms with Crippen molar-refractivity contribution in [2.24, 2.45) is 0 Å². The highest BCUT2D eigenvalue weighted by molar-refractivity contribution is 5.91. The van der Waals surface area contributed by atoms with Crippen LogP contribution in [0.2, 0.25) is 0 Å². The van der Waals surface area contributed by atoms with E-state index in [4.69, 9.17) is 9.40 Å². The lowest BCUT2D eigenvalue weighted by Gasteiger charge is -2.09. The van der Waals surface area contributed by atoms with Gasteiger partial charge in [0.1, 0.15) is 5.76 Å². The predicted molar refractivity (Wildman–Crippen MR) is 118 cm³/mol. The van der Waals surface area contributed by atoms with Crippen LogP contribution in [0, 0.1) is 13.8 Å². The summed E-state index contributed by atoms with van der Waals surface area (Å²) in [6, 6.07) is 20.0. The summed E-state index contributed by atoms with van der Waals surface area (Å²) >= 11 is 0. The van der Waals surface area contributed by atoms with Gasteiger partial charge in [0, 0.05) is 17.4 Å². The third-order valence-corrected chi connectivity index (χ3v) is 4.78. The largest absolute Gasteiger partial charge is 0.468 e. The molecule has 1 amide bonds. The lowest BCUT2D eigenvalue weighted by Crippen LogP contribution is -2.28. The molecular weight excluding hydrogens is 376 g/mol. The summed E-state index contributed by atoms with van der Waals surface area (Å²) in [7, 11) is 0. The molecule has 0 atom stereocenters. The number of aryl methyl sites for hydroxylation is 2. The van der Waals surface area contributed by atoms with Crippen LogP contribution in [0.3, 0.4) is 0 Å². The van der Waals surface area contributed by atoms with Gasteiger partial charge < -0.3 is 9.73 Å². The summed E-state index contributed by atoms with van der Waals surface area (Å²) < 4.78 is 7.17. The van der Waals surface area contributed by atoms with Gasteiger partial charge in [-0.1, -0.05) is 47.5 Å². The van der Waals surface area contributed by atoms with Crippen molar-refractivity contribution >= 4 is 11.9 Å². The van der Waals surface area contributed by atoms with Gasteiger partial charge in [-0.15, -0.1) is 0 Å². The number of anilines is 1. The second-order valence-corrected chi connectivity index (χ2v) is 7.25. The van der Waals surface area contributed by atoms with Gasteiger partial charge >= 0.3 is 0 Å². The fourth-order valence-electron chi connectivity index (χ4n) is 3.12. The lowest BCUT2D eigenvalue weighted by atomic mass is 10.1. The van der Waals surface area contributed by atoms with E-state index < -0.39 is 0 Å². The molecule has 0 radical (unpaired) electrons. The number of carbonyl (C=O) groups is 1. The molecule has 0 saturated carbocycles. The van der Waals surface area contributed by atoms with Crippen molar-refractivity contribution in [1.82, 2.24) is 14.9 Å². The van der Waals surface area contributed by atoms with Gasteiger partial charge in [0.2, 0.25) is 11.9 Å². The highest BCUT2D eigenvalue weighted by Crippen LogP contribution is 2.25. The first-order valence-corrected chi connectivity index (χ1v) is 9.85. The number of amides is 1. The fourth-order valence-corrected chi connectivity index (χ4v) is 3.12. The Kier molecular flexibility index (Phi) is 5.77. The lowest BCUT2D eigenvalue weighted by molar-refractivity contribution is -0.115. The summed E-state index contributed by atoms with van der Waals surface area (Å²) in [4.78, 5) is 17.2. The summed E-state index contributed by atoms with van der Waals surface area (Å²) in [5, 5.41) is 6.00. The van der Waals surface area contributed by atoms with Crippen LogP contribution >= 0.6 is 0 Å². The number of benzene rings is 2. The quantitative estimate of drug-likeness (QED) is 0.480. The van der Waals surface area contributed by atoms with E-state index in [-0.39, 0.29) is 12.5 Å². The second kappa shape index (κ2) is 8.80. The van der Waals surface area contributed by atoms with Crippen molar-refractivity contribution in [1.29, 1.82) is 0 Å². The van der Waals surface area contributed by atoms with Gasteiger partial charge in [0.05, 0.1) is 25.0 Å². The Labute approximate surface area is 175 Å². The molecule has 2 N–H and O–H groups in total. The molecule has 152 valence electrons. The van der Waals surface area contributed by atoms with Gasteiger partial charge in [-0.2, -0.15) is 0 Å². The van der Waals surface area contributed by atoms with E-state index in [9.17, 15) is 4.79 Å². The van der Waals surface area contributed by atoms with E-state index in [2.05, 4.69) is 29.7 Å². The zero-order chi connectivity index (χ0) is 20.9. The van der Waals surface area contributed by atoms with E-state index in [1.807, 2.05) is 66.2 Å². The second-order valence-electron chi connectivity index (χ2n) is 7.25. The summed E-state index contributed by atoms with van der Waals surface area (Å²) in [6.07, 6.45) is 3.56. The number of carbonyl (C=O) groups excluding carboxylic acids is 1. The molecule has 0 saturated heterocycles. The van der Waals surface area contributed by atoms with E-state index in [0.717, 1.165) is 22.7 Å². The Balaban J connectivity index is 1.55. The molecule has 0 aliphatic heterocycles. The Morgan fingerprint density at radius 1 is 1.00 bits per heavy atom.